The zero-order valence-electron chi connectivity index (χ0n) is 13.9. The summed E-state index contributed by atoms with van der Waals surface area (Å²) in [6.45, 7) is 4.95. The van der Waals surface area contributed by atoms with E-state index in [0.717, 1.165) is 7.11 Å². The van der Waals surface area contributed by atoms with E-state index in [4.69, 9.17) is 4.74 Å². The summed E-state index contributed by atoms with van der Waals surface area (Å²) in [5.41, 5.74) is -0.952. The molecule has 1 aromatic carbocycles. The van der Waals surface area contributed by atoms with Crippen LogP contribution in [-0.4, -0.2) is 30.8 Å². The summed E-state index contributed by atoms with van der Waals surface area (Å²) in [7, 11) is 1.16. The molecule has 134 valence electrons. The average molecular weight is 347 g/mol. The van der Waals surface area contributed by atoms with E-state index in [-0.39, 0.29) is 18.4 Å². The first-order valence-electron chi connectivity index (χ1n) is 7.21. The van der Waals surface area contributed by atoms with Gasteiger partial charge in [-0.05, 0) is 38.8 Å². The summed E-state index contributed by atoms with van der Waals surface area (Å²) in [5.74, 6) is -4.17. The van der Waals surface area contributed by atoms with Crippen LogP contribution in [0.4, 0.5) is 18.0 Å². The summed E-state index contributed by atoms with van der Waals surface area (Å²) >= 11 is 0. The highest BCUT2D eigenvalue weighted by atomic mass is 19.2. The Hall–Kier alpha value is -2.25. The Morgan fingerprint density at radius 2 is 1.71 bits per heavy atom. The maximum Gasteiger partial charge on any atom is 0.407 e. The lowest BCUT2D eigenvalue weighted by atomic mass is 10.0. The van der Waals surface area contributed by atoms with Crippen LogP contribution in [0.25, 0.3) is 0 Å². The smallest absolute Gasteiger partial charge is 0.407 e. The summed E-state index contributed by atoms with van der Waals surface area (Å²) in [5, 5.41) is 2.40. The number of amides is 1. The number of nitrogens with one attached hydrogen (secondary N) is 1. The summed E-state index contributed by atoms with van der Waals surface area (Å²) in [6, 6.07) is 0.186. The van der Waals surface area contributed by atoms with Crippen LogP contribution in [0.2, 0.25) is 0 Å². The van der Waals surface area contributed by atoms with Crippen molar-refractivity contribution in [1.29, 1.82) is 0 Å². The molecule has 0 saturated carbocycles. The Labute approximate surface area is 138 Å². The molecule has 1 amide bonds. The molecule has 1 atom stereocenters. The molecule has 0 saturated heterocycles. The number of carbonyl (C=O) groups excluding carboxylic acids is 2. The number of alkyl carbamates (subject to hydrolysis) is 1. The number of esters is 1. The van der Waals surface area contributed by atoms with E-state index in [0.29, 0.717) is 12.1 Å². The molecule has 0 aliphatic heterocycles. The fourth-order valence-corrected chi connectivity index (χ4v) is 1.92. The van der Waals surface area contributed by atoms with Gasteiger partial charge in [-0.15, -0.1) is 0 Å². The number of benzene rings is 1. The van der Waals surface area contributed by atoms with Crippen molar-refractivity contribution in [1.82, 2.24) is 5.32 Å². The maximum absolute atomic E-state index is 13.8. The van der Waals surface area contributed by atoms with Gasteiger partial charge in [-0.1, -0.05) is 0 Å². The Bertz CT molecular complexity index is 614. The second-order valence-electron chi connectivity index (χ2n) is 6.19. The molecule has 0 unspecified atom stereocenters. The molecule has 0 aliphatic carbocycles. The number of rotatable bonds is 5. The lowest BCUT2D eigenvalue weighted by molar-refractivity contribution is -0.141. The van der Waals surface area contributed by atoms with Crippen LogP contribution in [0.1, 0.15) is 32.8 Å². The second-order valence-corrected chi connectivity index (χ2v) is 6.19. The van der Waals surface area contributed by atoms with Gasteiger partial charge in [-0.2, -0.15) is 0 Å². The van der Waals surface area contributed by atoms with Crippen LogP contribution < -0.4 is 5.32 Å². The largest absolute Gasteiger partial charge is 0.469 e. The molecular weight excluding hydrogens is 327 g/mol. The Morgan fingerprint density at radius 3 is 2.25 bits per heavy atom. The molecule has 1 aromatic rings. The molecule has 5 nitrogen and oxygen atoms in total. The van der Waals surface area contributed by atoms with Crippen LogP contribution in [-0.2, 0) is 20.7 Å². The number of hydrogen-bond acceptors (Lipinski definition) is 4. The number of methoxy groups -OCH3 is 1. The van der Waals surface area contributed by atoms with Crippen molar-refractivity contribution < 1.29 is 32.2 Å². The van der Waals surface area contributed by atoms with Crippen molar-refractivity contribution in [3.05, 3.63) is 35.1 Å². The zero-order chi connectivity index (χ0) is 18.5. The van der Waals surface area contributed by atoms with Gasteiger partial charge < -0.3 is 14.8 Å². The normalized spacial score (nSPS) is 12.5. The van der Waals surface area contributed by atoms with E-state index in [9.17, 15) is 22.8 Å². The zero-order valence-corrected chi connectivity index (χ0v) is 13.9. The monoisotopic (exact) mass is 347 g/mol. The molecule has 0 aromatic heterocycles. The van der Waals surface area contributed by atoms with Crippen molar-refractivity contribution in [2.45, 2.75) is 45.3 Å². The molecule has 8 heteroatoms. The first kappa shape index (κ1) is 19.8. The lowest BCUT2D eigenvalue weighted by Crippen LogP contribution is -2.41. The van der Waals surface area contributed by atoms with Crippen LogP contribution in [0.3, 0.4) is 0 Å². The van der Waals surface area contributed by atoms with Crippen LogP contribution in [0, 0.1) is 17.5 Å². The van der Waals surface area contributed by atoms with E-state index >= 15 is 0 Å². The van der Waals surface area contributed by atoms with Gasteiger partial charge in [0.05, 0.1) is 13.5 Å². The number of carbonyl (C=O) groups is 2. The first-order valence-corrected chi connectivity index (χ1v) is 7.21. The highest BCUT2D eigenvalue weighted by molar-refractivity contribution is 5.72. The average Bonchev–Trinajstić information content (AvgIpc) is 2.42. The number of hydrogen-bond donors (Lipinski definition) is 1. The van der Waals surface area contributed by atoms with Gasteiger partial charge in [-0.3, -0.25) is 4.79 Å². The minimum Gasteiger partial charge on any atom is -0.469 e. The van der Waals surface area contributed by atoms with Crippen molar-refractivity contribution in [2.75, 3.05) is 7.11 Å². The molecule has 1 rings (SSSR count). The number of ether oxygens (including phenoxy) is 2. The van der Waals surface area contributed by atoms with Gasteiger partial charge in [0, 0.05) is 12.1 Å². The van der Waals surface area contributed by atoms with E-state index in [1.807, 2.05) is 0 Å². The van der Waals surface area contributed by atoms with E-state index in [1.165, 1.54) is 0 Å². The minimum absolute atomic E-state index is 0.182. The van der Waals surface area contributed by atoms with Crippen molar-refractivity contribution in [3.8, 4) is 0 Å². The molecule has 0 heterocycles. The van der Waals surface area contributed by atoms with Crippen molar-refractivity contribution in [3.63, 3.8) is 0 Å². The maximum atomic E-state index is 13.8. The Kier molecular flexibility index (Phi) is 6.62. The Balaban J connectivity index is 2.92. The molecular formula is C16H20F3NO4. The van der Waals surface area contributed by atoms with Gasteiger partial charge in [0.2, 0.25) is 0 Å². The van der Waals surface area contributed by atoms with E-state index in [2.05, 4.69) is 10.1 Å². The molecule has 0 bridgehead atoms. The first-order chi connectivity index (χ1) is 11.0. The molecule has 0 spiro atoms. The fourth-order valence-electron chi connectivity index (χ4n) is 1.92. The molecule has 0 aliphatic rings. The summed E-state index contributed by atoms with van der Waals surface area (Å²) in [4.78, 5) is 23.3. The van der Waals surface area contributed by atoms with Gasteiger partial charge >= 0.3 is 12.1 Å². The van der Waals surface area contributed by atoms with Crippen molar-refractivity contribution in [2.24, 2.45) is 0 Å². The molecule has 0 fully saturated rings. The second kappa shape index (κ2) is 8.03. The van der Waals surface area contributed by atoms with Crippen LogP contribution >= 0.6 is 0 Å². The Morgan fingerprint density at radius 1 is 1.12 bits per heavy atom. The van der Waals surface area contributed by atoms with Crippen LogP contribution in [0.15, 0.2) is 12.1 Å². The lowest BCUT2D eigenvalue weighted by Gasteiger charge is -2.23. The highest BCUT2D eigenvalue weighted by Gasteiger charge is 2.23. The topological polar surface area (TPSA) is 64.6 Å². The van der Waals surface area contributed by atoms with Gasteiger partial charge in [0.25, 0.3) is 0 Å². The number of halogens is 3. The van der Waals surface area contributed by atoms with Gasteiger partial charge in [-0.25, -0.2) is 18.0 Å². The van der Waals surface area contributed by atoms with E-state index in [1.54, 1.807) is 20.8 Å². The summed E-state index contributed by atoms with van der Waals surface area (Å²) in [6.07, 6.45) is -1.34. The van der Waals surface area contributed by atoms with E-state index < -0.39 is 41.2 Å². The van der Waals surface area contributed by atoms with Crippen molar-refractivity contribution >= 4 is 12.1 Å². The standard InChI is InChI=1S/C16H20F3NO4/c1-16(2,3)24-15(22)20-10(7-14(21)23-4)5-9-6-12(18)13(19)8-11(9)17/h6,8,10H,5,7H2,1-4H3,(H,20,22)/t10-/m0/s1. The predicted molar refractivity (Wildman–Crippen MR) is 79.8 cm³/mol. The molecule has 1 N–H and O–H groups in total. The SMILES string of the molecule is COC(=O)C[C@H](Cc1cc(F)c(F)cc1F)NC(=O)OC(C)(C)C. The third-order valence-corrected chi connectivity index (χ3v) is 2.92. The predicted octanol–water partition coefficient (Wildman–Crippen LogP) is 3.10. The quantitative estimate of drug-likeness (QED) is 0.657. The van der Waals surface area contributed by atoms with Crippen LogP contribution in [0.5, 0.6) is 0 Å². The fraction of sp³-hybridized carbons (Fsp3) is 0.500. The third-order valence-electron chi connectivity index (χ3n) is 2.92. The minimum atomic E-state index is -1.32. The third kappa shape index (κ3) is 6.47. The summed E-state index contributed by atoms with van der Waals surface area (Å²) < 4.78 is 49.6. The van der Waals surface area contributed by atoms with Gasteiger partial charge in [0.1, 0.15) is 11.4 Å². The molecule has 24 heavy (non-hydrogen) atoms. The van der Waals surface area contributed by atoms with Gasteiger partial charge in [0.15, 0.2) is 11.6 Å². The molecule has 0 radical (unpaired) electrons. The highest BCUT2D eigenvalue weighted by Crippen LogP contribution is 2.17.